The van der Waals surface area contributed by atoms with E-state index in [-0.39, 0.29) is 6.10 Å². The predicted octanol–water partition coefficient (Wildman–Crippen LogP) is 2.89. The fourth-order valence-corrected chi connectivity index (χ4v) is 2.17. The monoisotopic (exact) mass is 269 g/mol. The summed E-state index contributed by atoms with van der Waals surface area (Å²) in [5.41, 5.74) is 0.336. The molecule has 1 aromatic carbocycles. The Bertz CT molecular complexity index is 635. The van der Waals surface area contributed by atoms with E-state index in [1.54, 1.807) is 13.2 Å². The zero-order chi connectivity index (χ0) is 14.6. The van der Waals surface area contributed by atoms with E-state index in [1.165, 1.54) is 0 Å². The molecule has 1 N–H and O–H groups in total. The molecule has 4 heteroatoms. The van der Waals surface area contributed by atoms with E-state index >= 15 is 0 Å². The molecule has 0 amide bonds. The van der Waals surface area contributed by atoms with Crippen LogP contribution in [0.1, 0.15) is 20.3 Å². The van der Waals surface area contributed by atoms with Gasteiger partial charge in [0, 0.05) is 24.1 Å². The van der Waals surface area contributed by atoms with Crippen LogP contribution in [0, 0.1) is 11.3 Å². The summed E-state index contributed by atoms with van der Waals surface area (Å²) in [6.07, 6.45) is 2.32. The number of nitrogens with zero attached hydrogens (tertiary/aromatic N) is 2. The van der Waals surface area contributed by atoms with Crippen LogP contribution in [0.5, 0.6) is 5.75 Å². The molecule has 0 aliphatic heterocycles. The molecule has 104 valence electrons. The van der Waals surface area contributed by atoms with Crippen molar-refractivity contribution >= 4 is 10.9 Å². The van der Waals surface area contributed by atoms with Crippen molar-refractivity contribution < 1.29 is 4.74 Å². The van der Waals surface area contributed by atoms with Crippen LogP contribution in [0.25, 0.3) is 10.9 Å². The Balaban J connectivity index is 2.10. The molecule has 2 aromatic rings. The van der Waals surface area contributed by atoms with Gasteiger partial charge in [-0.3, -0.25) is 4.98 Å². The lowest BCUT2D eigenvalue weighted by molar-refractivity contribution is 0.183. The maximum absolute atomic E-state index is 9.16. The first-order chi connectivity index (χ1) is 9.56. The Morgan fingerprint density at radius 2 is 2.25 bits per heavy atom. The van der Waals surface area contributed by atoms with Crippen molar-refractivity contribution in [2.45, 2.75) is 31.9 Å². The maximum atomic E-state index is 9.16. The van der Waals surface area contributed by atoms with Gasteiger partial charge in [0.05, 0.1) is 17.7 Å². The quantitative estimate of drug-likeness (QED) is 0.906. The van der Waals surface area contributed by atoms with Crippen LogP contribution in [-0.2, 0) is 0 Å². The zero-order valence-electron chi connectivity index (χ0n) is 12.1. The minimum atomic E-state index is -0.575. The van der Waals surface area contributed by atoms with Crippen molar-refractivity contribution in [3.8, 4) is 11.8 Å². The van der Waals surface area contributed by atoms with Crippen LogP contribution in [-0.4, -0.2) is 23.7 Å². The summed E-state index contributed by atoms with van der Waals surface area (Å²) in [6.45, 7) is 3.84. The maximum Gasteiger partial charge on any atom is 0.121 e. The number of aromatic nitrogens is 1. The van der Waals surface area contributed by atoms with Crippen LogP contribution in [0.3, 0.4) is 0 Å². The van der Waals surface area contributed by atoms with Crippen molar-refractivity contribution in [1.82, 2.24) is 10.3 Å². The van der Waals surface area contributed by atoms with Gasteiger partial charge in [0.25, 0.3) is 0 Å². The summed E-state index contributed by atoms with van der Waals surface area (Å²) < 4.78 is 5.89. The molecular weight excluding hydrogens is 250 g/mol. The molecule has 1 aromatic heterocycles. The predicted molar refractivity (Wildman–Crippen MR) is 79.5 cm³/mol. The summed E-state index contributed by atoms with van der Waals surface area (Å²) in [4.78, 5) is 4.31. The number of nitriles is 1. The van der Waals surface area contributed by atoms with Gasteiger partial charge in [-0.2, -0.15) is 5.26 Å². The Morgan fingerprint density at radius 3 is 2.95 bits per heavy atom. The minimum Gasteiger partial charge on any atom is -0.491 e. The van der Waals surface area contributed by atoms with Gasteiger partial charge in [-0.25, -0.2) is 0 Å². The van der Waals surface area contributed by atoms with Crippen LogP contribution in [0.4, 0.5) is 0 Å². The molecule has 0 fully saturated rings. The van der Waals surface area contributed by atoms with Gasteiger partial charge in [-0.15, -0.1) is 0 Å². The first-order valence-electron chi connectivity index (χ1n) is 6.68. The van der Waals surface area contributed by atoms with Crippen molar-refractivity contribution in [3.05, 3.63) is 36.5 Å². The van der Waals surface area contributed by atoms with Gasteiger partial charge in [0.1, 0.15) is 11.3 Å². The smallest absolute Gasteiger partial charge is 0.121 e. The van der Waals surface area contributed by atoms with E-state index < -0.39 is 5.54 Å². The molecule has 20 heavy (non-hydrogen) atoms. The third-order valence-electron chi connectivity index (χ3n) is 3.41. The molecule has 0 aliphatic rings. The Kier molecular flexibility index (Phi) is 4.21. The normalized spacial score (nSPS) is 15.3. The average Bonchev–Trinajstić information content (AvgIpc) is 2.47. The minimum absolute atomic E-state index is 0.0618. The summed E-state index contributed by atoms with van der Waals surface area (Å²) in [7, 11) is 1.79. The highest BCUT2D eigenvalue weighted by atomic mass is 16.5. The number of rotatable bonds is 5. The molecule has 4 nitrogen and oxygen atoms in total. The number of hydrogen-bond acceptors (Lipinski definition) is 4. The van der Waals surface area contributed by atoms with Gasteiger partial charge >= 0.3 is 0 Å². The zero-order valence-corrected chi connectivity index (χ0v) is 12.1. The summed E-state index contributed by atoms with van der Waals surface area (Å²) in [6, 6.07) is 12.1. The van der Waals surface area contributed by atoms with E-state index in [1.807, 2.05) is 44.2 Å². The summed E-state index contributed by atoms with van der Waals surface area (Å²) in [5.74, 6) is 0.778. The molecule has 0 bridgehead atoms. The van der Waals surface area contributed by atoms with Crippen molar-refractivity contribution in [1.29, 1.82) is 5.26 Å². The molecule has 0 spiro atoms. The van der Waals surface area contributed by atoms with Gasteiger partial charge in [0.15, 0.2) is 0 Å². The fourth-order valence-electron chi connectivity index (χ4n) is 2.17. The lowest BCUT2D eigenvalue weighted by Gasteiger charge is -2.25. The standard InChI is InChI=1S/C16H19N3O/c1-12(10-16(2,11-17)18-3)20-14-7-6-13-5-4-8-19-15(13)9-14/h4-9,12,18H,10H2,1-3H3. The molecule has 0 saturated heterocycles. The van der Waals surface area contributed by atoms with Crippen molar-refractivity contribution in [2.75, 3.05) is 7.05 Å². The summed E-state index contributed by atoms with van der Waals surface area (Å²) >= 11 is 0. The highest BCUT2D eigenvalue weighted by Gasteiger charge is 2.25. The van der Waals surface area contributed by atoms with E-state index in [9.17, 15) is 0 Å². The number of nitrogens with one attached hydrogen (secondary N) is 1. The fraction of sp³-hybridized carbons (Fsp3) is 0.375. The second-order valence-corrected chi connectivity index (χ2v) is 5.18. The molecule has 0 radical (unpaired) electrons. The third kappa shape index (κ3) is 3.25. The number of fused-ring (bicyclic) bond motifs is 1. The number of ether oxygens (including phenoxy) is 1. The second-order valence-electron chi connectivity index (χ2n) is 5.18. The largest absolute Gasteiger partial charge is 0.491 e. The molecule has 1 heterocycles. The SMILES string of the molecule is CNC(C)(C#N)CC(C)Oc1ccc2cccnc2c1. The van der Waals surface area contributed by atoms with E-state index in [0.717, 1.165) is 16.7 Å². The Labute approximate surface area is 119 Å². The lowest BCUT2D eigenvalue weighted by atomic mass is 9.97. The average molecular weight is 269 g/mol. The summed E-state index contributed by atoms with van der Waals surface area (Å²) in [5, 5.41) is 13.3. The highest BCUT2D eigenvalue weighted by Crippen LogP contribution is 2.22. The van der Waals surface area contributed by atoms with Crippen molar-refractivity contribution in [2.24, 2.45) is 0 Å². The highest BCUT2D eigenvalue weighted by molar-refractivity contribution is 5.79. The molecule has 2 unspecified atom stereocenters. The first kappa shape index (κ1) is 14.3. The van der Waals surface area contributed by atoms with Crippen molar-refractivity contribution in [3.63, 3.8) is 0 Å². The topological polar surface area (TPSA) is 57.9 Å². The van der Waals surface area contributed by atoms with Gasteiger partial charge in [0.2, 0.25) is 0 Å². The van der Waals surface area contributed by atoms with Crippen LogP contribution < -0.4 is 10.1 Å². The third-order valence-corrected chi connectivity index (χ3v) is 3.41. The molecule has 0 saturated carbocycles. The number of benzene rings is 1. The first-order valence-corrected chi connectivity index (χ1v) is 6.68. The van der Waals surface area contributed by atoms with Crippen LogP contribution >= 0.6 is 0 Å². The number of hydrogen-bond donors (Lipinski definition) is 1. The lowest BCUT2D eigenvalue weighted by Crippen LogP contribution is -2.41. The van der Waals surface area contributed by atoms with Gasteiger partial charge < -0.3 is 10.1 Å². The molecule has 0 aliphatic carbocycles. The van der Waals surface area contributed by atoms with Gasteiger partial charge in [-0.1, -0.05) is 6.07 Å². The van der Waals surface area contributed by atoms with Gasteiger partial charge in [-0.05, 0) is 39.1 Å². The van der Waals surface area contributed by atoms with E-state index in [2.05, 4.69) is 16.4 Å². The van der Waals surface area contributed by atoms with E-state index in [4.69, 9.17) is 10.00 Å². The van der Waals surface area contributed by atoms with E-state index in [0.29, 0.717) is 6.42 Å². The van der Waals surface area contributed by atoms with Crippen LogP contribution in [0.15, 0.2) is 36.5 Å². The van der Waals surface area contributed by atoms with Crippen LogP contribution in [0.2, 0.25) is 0 Å². The second kappa shape index (κ2) is 5.89. The molecular formula is C16H19N3O. The molecule has 2 atom stereocenters. The Hall–Kier alpha value is -2.12. The molecule has 2 rings (SSSR count). The number of pyridine rings is 1. The Morgan fingerprint density at radius 1 is 1.45 bits per heavy atom.